The molecule has 2 aromatic carbocycles. The number of piperidine rings is 1. The van der Waals surface area contributed by atoms with Gasteiger partial charge in [-0.3, -0.25) is 14.7 Å². The summed E-state index contributed by atoms with van der Waals surface area (Å²) in [5, 5.41) is 0. The summed E-state index contributed by atoms with van der Waals surface area (Å²) in [6, 6.07) is 12.7. The molecule has 0 amide bonds. The first-order valence-electron chi connectivity index (χ1n) is 12.0. The maximum atomic E-state index is 12.1. The average Bonchev–Trinajstić information content (AvgIpc) is 3.12. The molecule has 1 saturated heterocycles. The van der Waals surface area contributed by atoms with Crippen molar-refractivity contribution in [1.82, 2.24) is 0 Å². The predicted molar refractivity (Wildman–Crippen MR) is 137 cm³/mol. The summed E-state index contributed by atoms with van der Waals surface area (Å²) in [4.78, 5) is 32.8. The van der Waals surface area contributed by atoms with E-state index in [1.54, 1.807) is 0 Å². The topological polar surface area (TPSA) is 53.0 Å². The van der Waals surface area contributed by atoms with E-state index in [9.17, 15) is 9.59 Å². The van der Waals surface area contributed by atoms with Gasteiger partial charge in [-0.2, -0.15) is 0 Å². The molecule has 0 aromatic heterocycles. The summed E-state index contributed by atoms with van der Waals surface area (Å²) in [5.41, 5.74) is 5.05. The summed E-state index contributed by atoms with van der Waals surface area (Å²) < 4.78 is 0.795. The third kappa shape index (κ3) is 3.63. The highest BCUT2D eigenvalue weighted by Gasteiger charge is 2.49. The fourth-order valence-corrected chi connectivity index (χ4v) is 6.54. The molecule has 172 valence electrons. The number of benzene rings is 2. The number of fused-ring (bicyclic) bond motifs is 2. The zero-order chi connectivity index (χ0) is 23.0. The van der Waals surface area contributed by atoms with Crippen LogP contribution in [0.25, 0.3) is 0 Å². The van der Waals surface area contributed by atoms with Gasteiger partial charge < -0.3 is 9.69 Å². The minimum absolute atomic E-state index is 0.103. The smallest absolute Gasteiger partial charge is 0.153 e. The normalized spacial score (nSPS) is 21.5. The first kappa shape index (κ1) is 22.3. The van der Waals surface area contributed by atoms with E-state index < -0.39 is 0 Å². The van der Waals surface area contributed by atoms with E-state index in [1.165, 1.54) is 30.5 Å². The number of nitrogens with zero attached hydrogens (tertiary/aromatic N) is 3. The quantitative estimate of drug-likeness (QED) is 0.472. The molecule has 3 aliphatic rings. The van der Waals surface area contributed by atoms with Gasteiger partial charge in [0.2, 0.25) is 0 Å². The van der Waals surface area contributed by atoms with E-state index in [-0.39, 0.29) is 11.3 Å². The Hall–Kier alpha value is -2.47. The number of carbonyl (C=O) groups is 2. The van der Waals surface area contributed by atoms with Crippen LogP contribution in [0.4, 0.5) is 17.1 Å². The Morgan fingerprint density at radius 2 is 1.79 bits per heavy atom. The Kier molecular flexibility index (Phi) is 6.12. The zero-order valence-corrected chi connectivity index (χ0v) is 20.7. The van der Waals surface area contributed by atoms with E-state index in [1.807, 2.05) is 25.2 Å². The molecule has 2 fully saturated rings. The van der Waals surface area contributed by atoms with Crippen LogP contribution in [0, 0.1) is 5.92 Å². The van der Waals surface area contributed by atoms with Crippen LogP contribution in [0.15, 0.2) is 45.9 Å². The van der Waals surface area contributed by atoms with Crippen LogP contribution in [-0.2, 0) is 10.2 Å². The Balaban J connectivity index is 1.66. The fraction of sp³-hybridized carbons (Fsp3) is 0.444. The van der Waals surface area contributed by atoms with E-state index in [0.29, 0.717) is 5.56 Å². The third-order valence-electron chi connectivity index (χ3n) is 7.78. The number of rotatable bonds is 4. The number of hydrogen-bond donors (Lipinski definition) is 0. The van der Waals surface area contributed by atoms with E-state index in [4.69, 9.17) is 4.99 Å². The number of amidine groups is 1. The van der Waals surface area contributed by atoms with Crippen LogP contribution in [0.1, 0.15) is 60.9 Å². The molecule has 0 atom stereocenters. The highest BCUT2D eigenvalue weighted by atomic mass is 79.9. The maximum Gasteiger partial charge on any atom is 0.153 e. The van der Waals surface area contributed by atoms with Crippen molar-refractivity contribution in [1.29, 1.82) is 0 Å². The van der Waals surface area contributed by atoms with Crippen molar-refractivity contribution in [2.75, 3.05) is 29.9 Å². The van der Waals surface area contributed by atoms with Gasteiger partial charge in [-0.15, -0.1) is 0 Å². The lowest BCUT2D eigenvalue weighted by Crippen LogP contribution is -2.40. The van der Waals surface area contributed by atoms with Gasteiger partial charge in [-0.1, -0.05) is 31.4 Å². The molecule has 1 spiro atoms. The second-order valence-electron chi connectivity index (χ2n) is 9.48. The van der Waals surface area contributed by atoms with Crippen LogP contribution in [-0.4, -0.2) is 38.5 Å². The van der Waals surface area contributed by atoms with Crippen LogP contribution in [0.2, 0.25) is 0 Å². The van der Waals surface area contributed by atoms with Crippen molar-refractivity contribution in [3.05, 3.63) is 52.0 Å². The van der Waals surface area contributed by atoms with Crippen LogP contribution in [0.5, 0.6) is 0 Å². The lowest BCUT2D eigenvalue weighted by molar-refractivity contribution is -0.111. The molecule has 0 N–H and O–H groups in total. The van der Waals surface area contributed by atoms with Gasteiger partial charge in [0, 0.05) is 36.2 Å². The predicted octanol–water partition coefficient (Wildman–Crippen LogP) is 6.06. The highest BCUT2D eigenvalue weighted by Crippen LogP contribution is 2.54. The lowest BCUT2D eigenvalue weighted by atomic mass is 9.70. The van der Waals surface area contributed by atoms with Crippen molar-refractivity contribution < 1.29 is 9.59 Å². The van der Waals surface area contributed by atoms with Crippen molar-refractivity contribution in [2.45, 2.75) is 50.4 Å². The molecule has 6 heteroatoms. The number of carbonyl (C=O) groups excluding carboxylic acids is 2. The van der Waals surface area contributed by atoms with Crippen LogP contribution < -0.4 is 9.80 Å². The number of hydrogen-bond acceptors (Lipinski definition) is 4. The molecule has 0 bridgehead atoms. The third-order valence-corrected chi connectivity index (χ3v) is 8.47. The molecular formula is C27H30BrN3O2. The average molecular weight is 508 g/mol. The standard InChI is InChI=1S/C27H30BrN3O2/c1-29-26-27(12-3-2-4-13-27)22-9-8-20(30-14-10-19(17-32)11-15-30)16-25(22)31(26)24-7-5-6-23(28)21(24)18-33/h5-9,16-19H,2-4,10-15H2,1H3. The van der Waals surface area contributed by atoms with Crippen molar-refractivity contribution in [3.8, 4) is 0 Å². The summed E-state index contributed by atoms with van der Waals surface area (Å²) in [5.74, 6) is 1.23. The monoisotopic (exact) mass is 507 g/mol. The Bertz CT molecular complexity index is 1100. The van der Waals surface area contributed by atoms with E-state index >= 15 is 0 Å². The second kappa shape index (κ2) is 9.05. The van der Waals surface area contributed by atoms with Gasteiger partial charge in [0.15, 0.2) is 6.29 Å². The highest BCUT2D eigenvalue weighted by molar-refractivity contribution is 9.10. The number of halogens is 1. The van der Waals surface area contributed by atoms with Gasteiger partial charge in [-0.25, -0.2) is 0 Å². The van der Waals surface area contributed by atoms with Crippen LogP contribution >= 0.6 is 15.9 Å². The van der Waals surface area contributed by atoms with Crippen molar-refractivity contribution in [3.63, 3.8) is 0 Å². The fourth-order valence-electron chi connectivity index (χ4n) is 6.09. The Labute approximate surface area is 204 Å². The van der Waals surface area contributed by atoms with E-state index in [0.717, 1.165) is 73.0 Å². The molecule has 2 heterocycles. The number of aldehydes is 2. The van der Waals surface area contributed by atoms with Gasteiger partial charge in [0.25, 0.3) is 0 Å². The Morgan fingerprint density at radius 1 is 1.03 bits per heavy atom. The molecule has 1 saturated carbocycles. The number of anilines is 3. The first-order valence-corrected chi connectivity index (χ1v) is 12.8. The van der Waals surface area contributed by atoms with Gasteiger partial charge in [0.05, 0.1) is 22.4 Å². The van der Waals surface area contributed by atoms with Crippen LogP contribution in [0.3, 0.4) is 0 Å². The summed E-state index contributed by atoms with van der Waals surface area (Å²) >= 11 is 3.58. The van der Waals surface area contributed by atoms with Gasteiger partial charge >= 0.3 is 0 Å². The first-order chi connectivity index (χ1) is 16.1. The molecule has 0 unspecified atom stereocenters. The summed E-state index contributed by atoms with van der Waals surface area (Å²) in [7, 11) is 1.88. The minimum atomic E-state index is -0.103. The van der Waals surface area contributed by atoms with Crippen molar-refractivity contribution in [2.24, 2.45) is 10.9 Å². The van der Waals surface area contributed by atoms with Gasteiger partial charge in [0.1, 0.15) is 12.1 Å². The largest absolute Gasteiger partial charge is 0.371 e. The molecule has 2 aliphatic heterocycles. The zero-order valence-electron chi connectivity index (χ0n) is 19.1. The molecule has 33 heavy (non-hydrogen) atoms. The maximum absolute atomic E-state index is 12.1. The van der Waals surface area contributed by atoms with E-state index in [2.05, 4.69) is 43.9 Å². The minimum Gasteiger partial charge on any atom is -0.371 e. The summed E-state index contributed by atoms with van der Waals surface area (Å²) in [6.45, 7) is 1.77. The van der Waals surface area contributed by atoms with Crippen molar-refractivity contribution >= 4 is 51.4 Å². The lowest BCUT2D eigenvalue weighted by Gasteiger charge is -2.35. The molecule has 5 rings (SSSR count). The molecule has 0 radical (unpaired) electrons. The molecule has 5 nitrogen and oxygen atoms in total. The molecule has 2 aromatic rings. The van der Waals surface area contributed by atoms with Gasteiger partial charge in [-0.05, 0) is 71.4 Å². The Morgan fingerprint density at radius 3 is 2.45 bits per heavy atom. The second-order valence-corrected chi connectivity index (χ2v) is 10.3. The summed E-state index contributed by atoms with van der Waals surface area (Å²) in [6.07, 6.45) is 9.63. The number of aliphatic imine (C=N–C) groups is 1. The SMILES string of the molecule is CN=C1N(c2cccc(Br)c2C=O)c2cc(N3CCC(C=O)CC3)ccc2C12CCCCC2. The molecular weight excluding hydrogens is 478 g/mol. The molecule has 1 aliphatic carbocycles.